The van der Waals surface area contributed by atoms with E-state index < -0.39 is 28.5 Å². The van der Waals surface area contributed by atoms with Gasteiger partial charge in [0, 0.05) is 56.5 Å². The molecule has 1 saturated carbocycles. The van der Waals surface area contributed by atoms with E-state index in [-0.39, 0.29) is 58.0 Å². The molecular formula is C34H33Cl2F2N5O5. The Labute approximate surface area is 285 Å². The van der Waals surface area contributed by atoms with Crippen molar-refractivity contribution in [3.63, 3.8) is 0 Å². The lowest BCUT2D eigenvalue weighted by atomic mass is 9.80. The van der Waals surface area contributed by atoms with E-state index in [9.17, 15) is 18.4 Å². The lowest BCUT2D eigenvalue weighted by molar-refractivity contribution is -0.134. The Morgan fingerprint density at radius 2 is 1.88 bits per heavy atom. The number of rotatable bonds is 12. The van der Waals surface area contributed by atoms with Gasteiger partial charge in [0.25, 0.3) is 5.91 Å². The topological polar surface area (TPSA) is 120 Å². The molecule has 4 aromatic rings. The fourth-order valence-corrected chi connectivity index (χ4v) is 6.32. The van der Waals surface area contributed by atoms with Crippen LogP contribution in [0.2, 0.25) is 10.0 Å². The third-order valence-electron chi connectivity index (χ3n) is 8.50. The van der Waals surface area contributed by atoms with Crippen molar-refractivity contribution in [3.05, 3.63) is 93.1 Å². The third kappa shape index (κ3) is 7.52. The summed E-state index contributed by atoms with van der Waals surface area (Å²) in [6.07, 6.45) is 6.65. The van der Waals surface area contributed by atoms with E-state index in [0.29, 0.717) is 38.2 Å². The molecule has 0 unspecified atom stereocenters. The number of carbonyl (C=O) groups is 2. The molecule has 4 heterocycles. The van der Waals surface area contributed by atoms with Gasteiger partial charge >= 0.3 is 0 Å². The second-order valence-corrected chi connectivity index (χ2v) is 12.6. The number of pyridine rings is 2. The highest BCUT2D eigenvalue weighted by molar-refractivity contribution is 6.34. The van der Waals surface area contributed by atoms with Gasteiger partial charge in [0.2, 0.25) is 11.8 Å². The molecule has 48 heavy (non-hydrogen) atoms. The lowest BCUT2D eigenvalue weighted by Crippen LogP contribution is -2.49. The lowest BCUT2D eigenvalue weighted by Gasteiger charge is -2.35. The van der Waals surface area contributed by atoms with Gasteiger partial charge in [-0.05, 0) is 68.3 Å². The molecule has 2 fully saturated rings. The molecule has 252 valence electrons. The molecule has 14 heteroatoms. The van der Waals surface area contributed by atoms with Crippen LogP contribution in [0.1, 0.15) is 59.0 Å². The molecule has 2 aliphatic rings. The van der Waals surface area contributed by atoms with Gasteiger partial charge in [-0.25, -0.2) is 13.8 Å². The molecule has 1 aliphatic carbocycles. The second kappa shape index (κ2) is 15.1. The molecule has 0 bridgehead atoms. The zero-order chi connectivity index (χ0) is 33.8. The van der Waals surface area contributed by atoms with Crippen LogP contribution in [0.15, 0.2) is 53.3 Å². The quantitative estimate of drug-likeness (QED) is 0.102. The number of hydrogen-bond donors (Lipinski definition) is 1. The summed E-state index contributed by atoms with van der Waals surface area (Å²) in [6, 6.07) is 8.35. The maximum Gasteiger partial charge on any atom is 0.262 e. The molecule has 2 amide bonds. The normalized spacial score (nSPS) is 17.7. The maximum absolute atomic E-state index is 14.3. The first-order chi connectivity index (χ1) is 23.2. The van der Waals surface area contributed by atoms with E-state index in [2.05, 4.69) is 20.4 Å². The fraction of sp³-hybridized carbons (Fsp3) is 0.382. The van der Waals surface area contributed by atoms with Crippen LogP contribution in [0.25, 0.3) is 11.3 Å². The minimum Gasteiger partial charge on any atom is -0.469 e. The van der Waals surface area contributed by atoms with E-state index in [1.165, 1.54) is 17.2 Å². The Morgan fingerprint density at radius 1 is 1.06 bits per heavy atom. The molecule has 1 N–H and O–H groups in total. The molecule has 1 aromatic carbocycles. The van der Waals surface area contributed by atoms with E-state index in [1.807, 2.05) is 6.07 Å². The van der Waals surface area contributed by atoms with Crippen molar-refractivity contribution in [2.24, 2.45) is 5.92 Å². The summed E-state index contributed by atoms with van der Waals surface area (Å²) in [4.78, 5) is 38.2. The highest BCUT2D eigenvalue weighted by Crippen LogP contribution is 2.37. The van der Waals surface area contributed by atoms with E-state index in [0.717, 1.165) is 37.0 Å². The summed E-state index contributed by atoms with van der Waals surface area (Å²) in [5.41, 5.74) is 1.65. The van der Waals surface area contributed by atoms with Gasteiger partial charge in [-0.2, -0.15) is 0 Å². The second-order valence-electron chi connectivity index (χ2n) is 11.8. The predicted molar refractivity (Wildman–Crippen MR) is 173 cm³/mol. The molecule has 2 atom stereocenters. The van der Waals surface area contributed by atoms with Gasteiger partial charge in [0.05, 0.1) is 27.1 Å². The number of aryl methyl sites for hydroxylation is 1. The van der Waals surface area contributed by atoms with Crippen molar-refractivity contribution in [3.8, 4) is 17.1 Å². The Bertz CT molecular complexity index is 1790. The minimum absolute atomic E-state index is 0.0352. The molecule has 1 saturated heterocycles. The van der Waals surface area contributed by atoms with Gasteiger partial charge in [-0.1, -0.05) is 34.4 Å². The number of aromatic nitrogens is 3. The van der Waals surface area contributed by atoms with E-state index in [4.69, 9.17) is 37.2 Å². The van der Waals surface area contributed by atoms with Crippen LogP contribution in [-0.2, 0) is 22.6 Å². The summed E-state index contributed by atoms with van der Waals surface area (Å²) in [5, 5.41) is 6.93. The number of halogens is 4. The number of methoxy groups -OCH3 is 1. The van der Waals surface area contributed by atoms with Crippen LogP contribution in [-0.4, -0.2) is 64.7 Å². The van der Waals surface area contributed by atoms with Crippen molar-refractivity contribution in [2.45, 2.75) is 50.7 Å². The summed E-state index contributed by atoms with van der Waals surface area (Å²) >= 11 is 12.4. The predicted octanol–water partition coefficient (Wildman–Crippen LogP) is 6.40. The van der Waals surface area contributed by atoms with Crippen LogP contribution in [0.3, 0.4) is 0 Å². The number of hydrogen-bond acceptors (Lipinski definition) is 9. The standard InChI is InChI=1S/C34H33Cl2F2N5O5/c1-46-12-2-3-20-13-24(26(35)17-40-20)33(44)43(21-5-6-21)34(45)25-16-39-11-10-23(25)19-4-9-30(41-15-19)47-18-22-14-29(42-48-22)31-27(37)7-8-28(38)32(31)36/h4,7-9,13-15,17,21,23,25,39H,2-3,5-6,10-12,16,18H2,1H3/t23-,25+/m1/s1. The van der Waals surface area contributed by atoms with Crippen LogP contribution >= 0.6 is 23.2 Å². The molecular weight excluding hydrogens is 667 g/mol. The summed E-state index contributed by atoms with van der Waals surface area (Å²) < 4.78 is 44.3. The fourth-order valence-electron chi connectivity index (χ4n) is 5.89. The van der Waals surface area contributed by atoms with Crippen LogP contribution in [0, 0.1) is 17.6 Å². The first-order valence-electron chi connectivity index (χ1n) is 15.6. The van der Waals surface area contributed by atoms with Gasteiger partial charge in [0.1, 0.15) is 17.3 Å². The SMILES string of the molecule is COCCCc1cc(C(=O)N(C(=O)[C@H]2CNCC[C@@H]2c2ccc(OCc3cc(-c4c(F)ccc(F)c4Cl)no3)nc2)C2CC2)c(Cl)cn1. The zero-order valence-electron chi connectivity index (χ0n) is 26.1. The number of carbonyl (C=O) groups excluding carboxylic acids is 2. The number of nitrogens with zero attached hydrogens (tertiary/aromatic N) is 4. The smallest absolute Gasteiger partial charge is 0.262 e. The van der Waals surface area contributed by atoms with Crippen molar-refractivity contribution >= 4 is 35.0 Å². The maximum atomic E-state index is 14.3. The number of amides is 2. The van der Waals surface area contributed by atoms with Gasteiger partial charge in [0.15, 0.2) is 12.4 Å². The Morgan fingerprint density at radius 3 is 2.62 bits per heavy atom. The number of ether oxygens (including phenoxy) is 2. The molecule has 6 rings (SSSR count). The van der Waals surface area contributed by atoms with Crippen molar-refractivity contribution in [1.29, 1.82) is 0 Å². The van der Waals surface area contributed by atoms with Crippen LogP contribution < -0.4 is 10.1 Å². The van der Waals surface area contributed by atoms with Crippen molar-refractivity contribution in [1.82, 2.24) is 25.3 Å². The first-order valence-corrected chi connectivity index (χ1v) is 16.4. The largest absolute Gasteiger partial charge is 0.469 e. The highest BCUT2D eigenvalue weighted by Gasteiger charge is 2.44. The Kier molecular flexibility index (Phi) is 10.6. The molecule has 0 spiro atoms. The Balaban J connectivity index is 1.14. The number of nitrogens with one attached hydrogen (secondary N) is 1. The average Bonchev–Trinajstić information content (AvgIpc) is 3.82. The molecule has 10 nitrogen and oxygen atoms in total. The van der Waals surface area contributed by atoms with E-state index >= 15 is 0 Å². The number of piperidine rings is 1. The van der Waals surface area contributed by atoms with E-state index in [1.54, 1.807) is 25.4 Å². The van der Waals surface area contributed by atoms with Gasteiger partial charge in [-0.15, -0.1) is 0 Å². The zero-order valence-corrected chi connectivity index (χ0v) is 27.6. The number of imide groups is 1. The summed E-state index contributed by atoms with van der Waals surface area (Å²) in [6.45, 7) is 1.60. The summed E-state index contributed by atoms with van der Waals surface area (Å²) in [7, 11) is 1.63. The Hall–Kier alpha value is -3.97. The first kappa shape index (κ1) is 33.9. The molecule has 1 aliphatic heterocycles. The summed E-state index contributed by atoms with van der Waals surface area (Å²) in [5.74, 6) is -2.31. The minimum atomic E-state index is -0.774. The third-order valence-corrected chi connectivity index (χ3v) is 9.17. The van der Waals surface area contributed by atoms with Crippen molar-refractivity contribution in [2.75, 3.05) is 26.8 Å². The highest BCUT2D eigenvalue weighted by atomic mass is 35.5. The number of benzene rings is 1. The molecule has 3 aromatic heterocycles. The van der Waals surface area contributed by atoms with Crippen molar-refractivity contribution < 1.29 is 32.4 Å². The van der Waals surface area contributed by atoms with Gasteiger partial charge < -0.3 is 19.3 Å². The average molecular weight is 701 g/mol. The monoisotopic (exact) mass is 699 g/mol. The molecule has 0 radical (unpaired) electrons. The van der Waals surface area contributed by atoms with Crippen LogP contribution in [0.5, 0.6) is 5.88 Å². The van der Waals surface area contributed by atoms with Gasteiger partial charge in [-0.3, -0.25) is 19.5 Å². The van der Waals surface area contributed by atoms with Crippen LogP contribution in [0.4, 0.5) is 8.78 Å².